The molecule has 16 heavy (non-hydrogen) atoms. The molecule has 0 bridgehead atoms. The predicted octanol–water partition coefficient (Wildman–Crippen LogP) is 2.61. The van der Waals surface area contributed by atoms with Crippen LogP contribution in [0.3, 0.4) is 0 Å². The van der Waals surface area contributed by atoms with Crippen molar-refractivity contribution in [1.29, 1.82) is 0 Å². The average molecular weight is 236 g/mol. The fourth-order valence-electron chi connectivity index (χ4n) is 1.88. The largest absolute Gasteiger partial charge is 0.359 e. The third-order valence-electron chi connectivity index (χ3n) is 2.63. The molecule has 2 heterocycles. The Labute approximate surface area is 99.4 Å². The van der Waals surface area contributed by atoms with Crippen LogP contribution in [0.4, 0.5) is 5.95 Å². The molecule has 86 valence electrons. The van der Waals surface area contributed by atoms with Gasteiger partial charge in [-0.1, -0.05) is 0 Å². The molecule has 0 aliphatic rings. The summed E-state index contributed by atoms with van der Waals surface area (Å²) in [6.45, 7) is 6.27. The zero-order valence-corrected chi connectivity index (χ0v) is 10.8. The van der Waals surface area contributed by atoms with Gasteiger partial charge in [-0.25, -0.2) is 9.97 Å². The molecule has 0 amide bonds. The number of nitrogens with zero attached hydrogens (tertiary/aromatic N) is 3. The minimum atomic E-state index is 0.274. The highest BCUT2D eigenvalue weighted by atomic mass is 32.1. The van der Waals surface area contributed by atoms with Crippen LogP contribution >= 0.6 is 11.3 Å². The van der Waals surface area contributed by atoms with Crippen molar-refractivity contribution in [2.45, 2.75) is 26.8 Å². The Bertz CT molecular complexity index is 486. The van der Waals surface area contributed by atoms with Gasteiger partial charge in [-0.3, -0.25) is 0 Å². The van der Waals surface area contributed by atoms with E-state index in [1.165, 1.54) is 4.88 Å². The van der Waals surface area contributed by atoms with Crippen molar-refractivity contribution < 1.29 is 0 Å². The van der Waals surface area contributed by atoms with Gasteiger partial charge in [-0.2, -0.15) is 0 Å². The van der Waals surface area contributed by atoms with Crippen LogP contribution in [0.15, 0.2) is 12.4 Å². The van der Waals surface area contributed by atoms with Gasteiger partial charge in [0.05, 0.1) is 21.6 Å². The quantitative estimate of drug-likeness (QED) is 0.890. The van der Waals surface area contributed by atoms with Crippen LogP contribution in [0.2, 0.25) is 0 Å². The molecule has 0 saturated heterocycles. The maximum absolute atomic E-state index is 4.46. The van der Waals surface area contributed by atoms with Crippen molar-refractivity contribution in [3.8, 4) is 0 Å². The van der Waals surface area contributed by atoms with Crippen molar-refractivity contribution in [2.75, 3.05) is 12.4 Å². The zero-order chi connectivity index (χ0) is 11.7. The molecule has 1 unspecified atom stereocenters. The minimum absolute atomic E-state index is 0.274. The lowest BCUT2D eigenvalue weighted by Gasteiger charge is -2.14. The highest BCUT2D eigenvalue weighted by Gasteiger charge is 2.16. The van der Waals surface area contributed by atoms with Gasteiger partial charge in [0.15, 0.2) is 0 Å². The van der Waals surface area contributed by atoms with Crippen LogP contribution in [0.1, 0.15) is 28.5 Å². The molecule has 2 aromatic rings. The number of nitrogens with one attached hydrogen (secondary N) is 1. The van der Waals surface area contributed by atoms with E-state index < -0.39 is 0 Å². The molecule has 2 rings (SSSR count). The van der Waals surface area contributed by atoms with E-state index >= 15 is 0 Å². The third-order valence-corrected chi connectivity index (χ3v) is 3.87. The molecule has 4 nitrogen and oxygen atoms in total. The highest BCUT2D eigenvalue weighted by Crippen LogP contribution is 2.29. The van der Waals surface area contributed by atoms with Crippen LogP contribution in [0, 0.1) is 13.8 Å². The van der Waals surface area contributed by atoms with Gasteiger partial charge in [-0.05, 0) is 20.8 Å². The fraction of sp³-hybridized carbons (Fsp3) is 0.455. The van der Waals surface area contributed by atoms with Gasteiger partial charge < -0.3 is 9.88 Å². The average Bonchev–Trinajstić information content (AvgIpc) is 2.83. The van der Waals surface area contributed by atoms with E-state index in [4.69, 9.17) is 0 Å². The van der Waals surface area contributed by atoms with Crippen LogP contribution in [0.25, 0.3) is 0 Å². The lowest BCUT2D eigenvalue weighted by molar-refractivity contribution is 0.652. The molecule has 0 radical (unpaired) electrons. The first-order valence-corrected chi connectivity index (χ1v) is 6.09. The maximum Gasteiger partial charge on any atom is 0.203 e. The Morgan fingerprint density at radius 1 is 1.44 bits per heavy atom. The molecule has 0 spiro atoms. The van der Waals surface area contributed by atoms with E-state index in [2.05, 4.69) is 33.7 Å². The van der Waals surface area contributed by atoms with Gasteiger partial charge in [0.2, 0.25) is 5.95 Å². The second-order valence-electron chi connectivity index (χ2n) is 3.77. The van der Waals surface area contributed by atoms with Crippen molar-refractivity contribution in [1.82, 2.24) is 14.5 Å². The molecule has 0 aromatic carbocycles. The Hall–Kier alpha value is -1.36. The number of rotatable bonds is 3. The number of aromatic nitrogens is 3. The van der Waals surface area contributed by atoms with Crippen molar-refractivity contribution in [3.05, 3.63) is 28.0 Å². The summed E-state index contributed by atoms with van der Waals surface area (Å²) in [6, 6.07) is 0.274. The molecule has 0 aliphatic heterocycles. The van der Waals surface area contributed by atoms with Crippen molar-refractivity contribution >= 4 is 17.3 Å². The molecule has 0 aliphatic carbocycles. The lowest BCUT2D eigenvalue weighted by Crippen LogP contribution is -2.09. The van der Waals surface area contributed by atoms with E-state index in [-0.39, 0.29) is 6.04 Å². The number of anilines is 1. The van der Waals surface area contributed by atoms with Gasteiger partial charge in [0.25, 0.3) is 0 Å². The number of hydrogen-bond acceptors (Lipinski definition) is 4. The molecule has 2 aromatic heterocycles. The van der Waals surface area contributed by atoms with E-state index in [0.29, 0.717) is 0 Å². The number of hydrogen-bond donors (Lipinski definition) is 1. The van der Waals surface area contributed by atoms with Gasteiger partial charge in [0, 0.05) is 19.4 Å². The first kappa shape index (κ1) is 11.1. The third kappa shape index (κ3) is 1.82. The second kappa shape index (κ2) is 4.25. The Kier molecular flexibility index (Phi) is 2.96. The number of imidazole rings is 1. The Balaban J connectivity index is 2.38. The normalized spacial score (nSPS) is 12.8. The summed E-state index contributed by atoms with van der Waals surface area (Å²) in [5.41, 5.74) is 1.12. The SMILES string of the molecule is CNc1nccn1C(C)c1sc(C)nc1C. The van der Waals surface area contributed by atoms with Crippen molar-refractivity contribution in [3.63, 3.8) is 0 Å². The molecule has 0 fully saturated rings. The van der Waals surface area contributed by atoms with Crippen LogP contribution in [-0.4, -0.2) is 21.6 Å². The van der Waals surface area contributed by atoms with Gasteiger partial charge in [0.1, 0.15) is 0 Å². The number of thiazole rings is 1. The minimum Gasteiger partial charge on any atom is -0.359 e. The first-order valence-electron chi connectivity index (χ1n) is 5.28. The summed E-state index contributed by atoms with van der Waals surface area (Å²) in [6.07, 6.45) is 3.80. The standard InChI is InChI=1S/C11H16N4S/c1-7-10(16-9(3)14-7)8(2)15-6-5-13-11(15)12-4/h5-6,8H,1-4H3,(H,12,13). The van der Waals surface area contributed by atoms with E-state index in [9.17, 15) is 0 Å². The summed E-state index contributed by atoms with van der Waals surface area (Å²) < 4.78 is 2.12. The molecular formula is C11H16N4S. The number of aryl methyl sites for hydroxylation is 2. The Morgan fingerprint density at radius 2 is 2.19 bits per heavy atom. The Morgan fingerprint density at radius 3 is 2.75 bits per heavy atom. The molecule has 1 N–H and O–H groups in total. The fourth-order valence-corrected chi connectivity index (χ4v) is 2.86. The topological polar surface area (TPSA) is 42.7 Å². The van der Waals surface area contributed by atoms with Crippen LogP contribution in [0.5, 0.6) is 0 Å². The van der Waals surface area contributed by atoms with Crippen molar-refractivity contribution in [2.24, 2.45) is 0 Å². The molecular weight excluding hydrogens is 220 g/mol. The second-order valence-corrected chi connectivity index (χ2v) is 5.00. The molecule has 5 heteroatoms. The smallest absolute Gasteiger partial charge is 0.203 e. The van der Waals surface area contributed by atoms with E-state index in [1.807, 2.05) is 26.4 Å². The summed E-state index contributed by atoms with van der Waals surface area (Å²) in [5, 5.41) is 4.20. The molecule has 0 saturated carbocycles. The highest BCUT2D eigenvalue weighted by molar-refractivity contribution is 7.11. The van der Waals surface area contributed by atoms with E-state index in [0.717, 1.165) is 16.6 Å². The van der Waals surface area contributed by atoms with Gasteiger partial charge >= 0.3 is 0 Å². The van der Waals surface area contributed by atoms with Gasteiger partial charge in [-0.15, -0.1) is 11.3 Å². The summed E-state index contributed by atoms with van der Waals surface area (Å²) in [5.74, 6) is 0.887. The molecule has 1 atom stereocenters. The van der Waals surface area contributed by atoms with E-state index in [1.54, 1.807) is 11.3 Å². The summed E-state index contributed by atoms with van der Waals surface area (Å²) in [4.78, 5) is 10.0. The summed E-state index contributed by atoms with van der Waals surface area (Å²) in [7, 11) is 1.89. The lowest BCUT2D eigenvalue weighted by atomic mass is 10.2. The van der Waals surface area contributed by atoms with Crippen LogP contribution in [-0.2, 0) is 0 Å². The van der Waals surface area contributed by atoms with Crippen LogP contribution < -0.4 is 5.32 Å². The summed E-state index contributed by atoms with van der Waals surface area (Å²) >= 11 is 1.75. The maximum atomic E-state index is 4.46. The zero-order valence-electron chi connectivity index (χ0n) is 9.98. The first-order chi connectivity index (χ1) is 7.63. The monoisotopic (exact) mass is 236 g/mol. The predicted molar refractivity (Wildman–Crippen MR) is 67.2 cm³/mol.